The average Bonchev–Trinajstić information content (AvgIpc) is 2.73. The second-order valence-electron chi connectivity index (χ2n) is 5.40. The van der Waals surface area contributed by atoms with Crippen LogP contribution in [0.2, 0.25) is 0 Å². The molecule has 1 aliphatic rings. The predicted molar refractivity (Wildman–Crippen MR) is 73.5 cm³/mol. The van der Waals surface area contributed by atoms with Crippen molar-refractivity contribution in [3.63, 3.8) is 0 Å². The number of likely N-dealkylation sites (tertiary alicyclic amines) is 1. The number of hydrogen-bond donors (Lipinski definition) is 1. The monoisotopic (exact) mass is 244 g/mol. The van der Waals surface area contributed by atoms with E-state index in [-0.39, 0.29) is 0 Å². The van der Waals surface area contributed by atoms with Gasteiger partial charge < -0.3 is 15.0 Å². The highest BCUT2D eigenvalue weighted by Gasteiger charge is 2.18. The van der Waals surface area contributed by atoms with E-state index in [1.54, 1.807) is 0 Å². The molecule has 2 aromatic heterocycles. The number of hydrogen-bond acceptors (Lipinski definition) is 3. The van der Waals surface area contributed by atoms with Crippen LogP contribution < -0.4 is 5.73 Å². The van der Waals surface area contributed by atoms with Crippen LogP contribution in [-0.2, 0) is 6.42 Å². The third-order valence-corrected chi connectivity index (χ3v) is 3.78. The zero-order valence-corrected chi connectivity index (χ0v) is 10.8. The van der Waals surface area contributed by atoms with Gasteiger partial charge in [-0.1, -0.05) is 0 Å². The topological polar surface area (TPSA) is 46.6 Å². The van der Waals surface area contributed by atoms with E-state index < -0.39 is 0 Å². The molecule has 2 aromatic rings. The normalized spacial score (nSPS) is 21.5. The summed E-state index contributed by atoms with van der Waals surface area (Å²) in [4.78, 5) is 7.07. The highest BCUT2D eigenvalue weighted by Crippen LogP contribution is 2.21. The zero-order chi connectivity index (χ0) is 12.5. The summed E-state index contributed by atoms with van der Waals surface area (Å²) in [5.74, 6) is 0.731. The minimum absolute atomic E-state index is 0.731. The van der Waals surface area contributed by atoms with Gasteiger partial charge in [0, 0.05) is 18.9 Å². The summed E-state index contributed by atoms with van der Waals surface area (Å²) < 4.78 is 2.03. The van der Waals surface area contributed by atoms with Crippen molar-refractivity contribution < 1.29 is 0 Å². The Morgan fingerprint density at radius 1 is 1.50 bits per heavy atom. The molecule has 0 saturated carbocycles. The molecule has 18 heavy (non-hydrogen) atoms. The number of anilines is 1. The van der Waals surface area contributed by atoms with E-state index in [1.165, 1.54) is 25.9 Å². The number of nitrogens with two attached hydrogens (primary N) is 1. The molecule has 1 saturated heterocycles. The largest absolute Gasteiger partial charge is 0.396 e. The van der Waals surface area contributed by atoms with Gasteiger partial charge in [-0.3, -0.25) is 0 Å². The van der Waals surface area contributed by atoms with Gasteiger partial charge in [0.2, 0.25) is 0 Å². The van der Waals surface area contributed by atoms with Crippen molar-refractivity contribution in [2.24, 2.45) is 5.92 Å². The van der Waals surface area contributed by atoms with Crippen LogP contribution in [0.4, 0.5) is 5.69 Å². The average molecular weight is 244 g/mol. The third-order valence-electron chi connectivity index (χ3n) is 3.78. The van der Waals surface area contributed by atoms with Crippen molar-refractivity contribution in [2.75, 3.05) is 25.9 Å². The van der Waals surface area contributed by atoms with Gasteiger partial charge >= 0.3 is 0 Å². The van der Waals surface area contributed by atoms with E-state index in [4.69, 9.17) is 5.73 Å². The summed E-state index contributed by atoms with van der Waals surface area (Å²) >= 11 is 0. The second-order valence-corrected chi connectivity index (χ2v) is 5.40. The molecule has 4 nitrogen and oxygen atoms in total. The van der Waals surface area contributed by atoms with Crippen molar-refractivity contribution in [3.05, 3.63) is 30.2 Å². The van der Waals surface area contributed by atoms with Gasteiger partial charge in [-0.2, -0.15) is 0 Å². The number of piperidine rings is 1. The molecule has 1 fully saturated rings. The van der Waals surface area contributed by atoms with Crippen LogP contribution >= 0.6 is 0 Å². The van der Waals surface area contributed by atoms with Gasteiger partial charge in [0.1, 0.15) is 0 Å². The number of imidazole rings is 1. The Bertz CT molecular complexity index is 546. The summed E-state index contributed by atoms with van der Waals surface area (Å²) in [5, 5.41) is 0. The summed E-state index contributed by atoms with van der Waals surface area (Å²) in [5.41, 5.74) is 8.73. The fourth-order valence-electron chi connectivity index (χ4n) is 2.92. The summed E-state index contributed by atoms with van der Waals surface area (Å²) in [7, 11) is 2.20. The molecule has 3 rings (SSSR count). The number of rotatable bonds is 2. The van der Waals surface area contributed by atoms with E-state index >= 15 is 0 Å². The maximum Gasteiger partial charge on any atom is 0.160 e. The van der Waals surface area contributed by atoms with Gasteiger partial charge in [-0.05, 0) is 50.9 Å². The Labute approximate surface area is 107 Å². The van der Waals surface area contributed by atoms with E-state index in [9.17, 15) is 0 Å². The maximum atomic E-state index is 5.93. The molecular weight excluding hydrogens is 224 g/mol. The lowest BCUT2D eigenvalue weighted by atomic mass is 9.94. The zero-order valence-electron chi connectivity index (χ0n) is 10.8. The Morgan fingerprint density at radius 3 is 3.17 bits per heavy atom. The molecular formula is C14H20N4. The van der Waals surface area contributed by atoms with Gasteiger partial charge in [0.25, 0.3) is 0 Å². The summed E-state index contributed by atoms with van der Waals surface area (Å²) in [6, 6.07) is 3.86. The quantitative estimate of drug-likeness (QED) is 0.876. The third kappa shape index (κ3) is 2.20. The maximum absolute atomic E-state index is 5.93. The first-order valence-corrected chi connectivity index (χ1v) is 6.63. The molecule has 96 valence electrons. The van der Waals surface area contributed by atoms with Gasteiger partial charge in [0.05, 0.1) is 11.4 Å². The minimum atomic E-state index is 0.731. The molecule has 4 heteroatoms. The Kier molecular flexibility index (Phi) is 2.96. The molecule has 3 heterocycles. The van der Waals surface area contributed by atoms with Gasteiger partial charge in [0.15, 0.2) is 5.65 Å². The molecule has 1 unspecified atom stereocenters. The number of nitrogen functional groups attached to an aromatic ring is 1. The van der Waals surface area contributed by atoms with Crippen molar-refractivity contribution in [3.8, 4) is 0 Å². The lowest BCUT2D eigenvalue weighted by Gasteiger charge is -2.29. The van der Waals surface area contributed by atoms with Crippen LogP contribution in [0.1, 0.15) is 18.5 Å². The SMILES string of the molecule is CN1CCCC(Cc2cn3cccc(N)c3n2)C1. The Balaban J connectivity index is 1.80. The predicted octanol–water partition coefficient (Wildman–Crippen LogP) is 1.80. The highest BCUT2D eigenvalue weighted by atomic mass is 15.1. The molecule has 0 spiro atoms. The number of aromatic nitrogens is 2. The Morgan fingerprint density at radius 2 is 2.39 bits per heavy atom. The lowest BCUT2D eigenvalue weighted by molar-refractivity contribution is 0.208. The molecule has 2 N–H and O–H groups in total. The van der Waals surface area contributed by atoms with Gasteiger partial charge in [-0.25, -0.2) is 4.98 Å². The molecule has 0 aliphatic carbocycles. The number of nitrogens with zero attached hydrogens (tertiary/aromatic N) is 3. The van der Waals surface area contributed by atoms with E-state index in [0.717, 1.165) is 29.4 Å². The minimum Gasteiger partial charge on any atom is -0.396 e. The van der Waals surface area contributed by atoms with E-state index in [1.807, 2.05) is 22.7 Å². The molecule has 0 bridgehead atoms. The van der Waals surface area contributed by atoms with Gasteiger partial charge in [-0.15, -0.1) is 0 Å². The molecule has 1 atom stereocenters. The summed E-state index contributed by atoms with van der Waals surface area (Å²) in [6.45, 7) is 2.41. The van der Waals surface area contributed by atoms with Crippen LogP contribution in [0.15, 0.2) is 24.5 Å². The first kappa shape index (κ1) is 11.5. The van der Waals surface area contributed by atoms with Crippen LogP contribution in [0.25, 0.3) is 5.65 Å². The molecule has 0 aromatic carbocycles. The van der Waals surface area contributed by atoms with E-state index in [2.05, 4.69) is 23.1 Å². The number of pyridine rings is 1. The van der Waals surface area contributed by atoms with Crippen molar-refractivity contribution >= 4 is 11.3 Å². The molecule has 1 aliphatic heterocycles. The first-order valence-electron chi connectivity index (χ1n) is 6.63. The lowest BCUT2D eigenvalue weighted by Crippen LogP contribution is -2.33. The molecule has 0 radical (unpaired) electrons. The molecule has 0 amide bonds. The van der Waals surface area contributed by atoms with Crippen LogP contribution in [0.5, 0.6) is 0 Å². The Hall–Kier alpha value is -1.55. The smallest absolute Gasteiger partial charge is 0.160 e. The van der Waals surface area contributed by atoms with Crippen LogP contribution in [0, 0.1) is 5.92 Å². The van der Waals surface area contributed by atoms with Crippen molar-refractivity contribution in [1.29, 1.82) is 0 Å². The second kappa shape index (κ2) is 4.61. The summed E-state index contributed by atoms with van der Waals surface area (Å²) in [6.07, 6.45) is 7.80. The fraction of sp³-hybridized carbons (Fsp3) is 0.500. The standard InChI is InChI=1S/C14H20N4/c1-17-6-2-4-11(9-17)8-12-10-18-7-3-5-13(15)14(18)16-12/h3,5,7,10-11H,2,4,6,8-9,15H2,1H3. The van der Waals surface area contributed by atoms with Crippen molar-refractivity contribution in [1.82, 2.24) is 14.3 Å². The van der Waals surface area contributed by atoms with Crippen LogP contribution in [-0.4, -0.2) is 34.4 Å². The van der Waals surface area contributed by atoms with E-state index in [0.29, 0.717) is 0 Å². The van der Waals surface area contributed by atoms with Crippen LogP contribution in [0.3, 0.4) is 0 Å². The number of fused-ring (bicyclic) bond motifs is 1. The van der Waals surface area contributed by atoms with Crippen molar-refractivity contribution in [2.45, 2.75) is 19.3 Å². The fourth-order valence-corrected chi connectivity index (χ4v) is 2.92. The highest BCUT2D eigenvalue weighted by molar-refractivity contribution is 5.64. The first-order chi connectivity index (χ1) is 8.72.